The van der Waals surface area contributed by atoms with E-state index in [1.165, 1.54) is 13.2 Å². The van der Waals surface area contributed by atoms with E-state index < -0.39 is 11.8 Å². The van der Waals surface area contributed by atoms with Gasteiger partial charge in [0.05, 0.1) is 7.11 Å². The molecule has 3 aromatic rings. The van der Waals surface area contributed by atoms with E-state index in [0.29, 0.717) is 16.7 Å². The lowest BCUT2D eigenvalue weighted by Crippen LogP contribution is -2.07. The van der Waals surface area contributed by atoms with Crippen molar-refractivity contribution in [2.75, 3.05) is 7.11 Å². The minimum atomic E-state index is -0.712. The van der Waals surface area contributed by atoms with Crippen LogP contribution in [0.5, 0.6) is 0 Å². The average molecular weight is 308 g/mol. The Labute approximate surface area is 132 Å². The normalized spacial score (nSPS) is 10.3. The van der Waals surface area contributed by atoms with Crippen molar-refractivity contribution in [2.45, 2.75) is 0 Å². The summed E-state index contributed by atoms with van der Waals surface area (Å²) in [6, 6.07) is 10.1. The van der Waals surface area contributed by atoms with Crippen LogP contribution in [-0.4, -0.2) is 23.0 Å². The predicted octanol–water partition coefficient (Wildman–Crippen LogP) is 3.74. The van der Waals surface area contributed by atoms with Crippen molar-refractivity contribution in [3.05, 3.63) is 72.6 Å². The molecule has 0 bridgehead atoms. The maximum Gasteiger partial charge on any atom is 0.341 e. The van der Waals surface area contributed by atoms with Gasteiger partial charge in [-0.05, 0) is 58.7 Å². The smallest absolute Gasteiger partial charge is 0.341 e. The highest BCUT2D eigenvalue weighted by Crippen LogP contribution is 2.31. The zero-order valence-electron chi connectivity index (χ0n) is 12.4. The van der Waals surface area contributed by atoms with E-state index in [1.807, 2.05) is 0 Å². The number of methoxy groups -OCH3 is 1. The summed E-state index contributed by atoms with van der Waals surface area (Å²) in [7, 11) is 1.23. The Bertz CT molecular complexity index is 836. The van der Waals surface area contributed by atoms with Gasteiger partial charge in [0.25, 0.3) is 0 Å². The van der Waals surface area contributed by atoms with Crippen LogP contribution in [0.3, 0.4) is 0 Å². The number of hydrogen-bond donors (Lipinski definition) is 0. The number of aromatic nitrogens is 2. The number of rotatable bonds is 3. The first-order valence-electron chi connectivity index (χ1n) is 6.93. The lowest BCUT2D eigenvalue weighted by atomic mass is 9.95. The molecule has 0 N–H and O–H groups in total. The standard InChI is InChI=1S/C18H13FN2O2/c1-23-18(22)17-15(13-4-8-21-9-5-13)10-14(11-16(17)19)12-2-6-20-7-3-12/h2-11H,1H3. The van der Waals surface area contributed by atoms with Crippen LogP contribution in [0.15, 0.2) is 61.2 Å². The molecule has 3 rings (SSSR count). The fourth-order valence-corrected chi connectivity index (χ4v) is 2.39. The van der Waals surface area contributed by atoms with Gasteiger partial charge in [0.15, 0.2) is 0 Å². The van der Waals surface area contributed by atoms with Gasteiger partial charge in [-0.3, -0.25) is 9.97 Å². The fourth-order valence-electron chi connectivity index (χ4n) is 2.39. The lowest BCUT2D eigenvalue weighted by Gasteiger charge is -2.12. The number of carbonyl (C=O) groups is 1. The quantitative estimate of drug-likeness (QED) is 0.692. The van der Waals surface area contributed by atoms with Gasteiger partial charge in [-0.25, -0.2) is 9.18 Å². The van der Waals surface area contributed by atoms with Gasteiger partial charge in [0.1, 0.15) is 11.4 Å². The van der Waals surface area contributed by atoms with Crippen LogP contribution in [-0.2, 0) is 4.74 Å². The first-order chi connectivity index (χ1) is 11.2. The molecule has 0 unspecified atom stereocenters. The van der Waals surface area contributed by atoms with Gasteiger partial charge in [0.2, 0.25) is 0 Å². The van der Waals surface area contributed by atoms with Crippen molar-refractivity contribution in [1.29, 1.82) is 0 Å². The Hall–Kier alpha value is -3.08. The molecule has 0 aliphatic rings. The highest BCUT2D eigenvalue weighted by molar-refractivity contribution is 5.98. The van der Waals surface area contributed by atoms with Crippen LogP contribution in [0.25, 0.3) is 22.3 Å². The number of ether oxygens (including phenoxy) is 1. The van der Waals surface area contributed by atoms with E-state index in [1.54, 1.807) is 55.1 Å². The van der Waals surface area contributed by atoms with Crippen molar-refractivity contribution in [3.63, 3.8) is 0 Å². The maximum atomic E-state index is 14.6. The molecule has 0 aliphatic carbocycles. The molecule has 23 heavy (non-hydrogen) atoms. The second kappa shape index (κ2) is 6.36. The van der Waals surface area contributed by atoms with Crippen molar-refractivity contribution in [1.82, 2.24) is 9.97 Å². The van der Waals surface area contributed by atoms with Crippen LogP contribution in [0.4, 0.5) is 4.39 Å². The van der Waals surface area contributed by atoms with E-state index in [-0.39, 0.29) is 5.56 Å². The minimum absolute atomic E-state index is 0.0866. The van der Waals surface area contributed by atoms with Crippen molar-refractivity contribution in [2.24, 2.45) is 0 Å². The average Bonchev–Trinajstić information content (AvgIpc) is 2.62. The van der Waals surface area contributed by atoms with Crippen molar-refractivity contribution < 1.29 is 13.9 Å². The third-order valence-corrected chi connectivity index (χ3v) is 3.48. The highest BCUT2D eigenvalue weighted by atomic mass is 19.1. The monoisotopic (exact) mass is 308 g/mol. The zero-order chi connectivity index (χ0) is 16.2. The number of carbonyl (C=O) groups excluding carboxylic acids is 1. The van der Waals surface area contributed by atoms with E-state index in [0.717, 1.165) is 5.56 Å². The number of pyridine rings is 2. The molecule has 5 heteroatoms. The van der Waals surface area contributed by atoms with Crippen LogP contribution in [0, 0.1) is 5.82 Å². The Morgan fingerprint density at radius 1 is 0.913 bits per heavy atom. The Morgan fingerprint density at radius 3 is 2.04 bits per heavy atom. The molecule has 0 atom stereocenters. The predicted molar refractivity (Wildman–Crippen MR) is 84.2 cm³/mol. The molecule has 0 saturated heterocycles. The molecule has 114 valence electrons. The number of benzene rings is 1. The Balaban J connectivity index is 2.25. The Kier molecular flexibility index (Phi) is 4.10. The van der Waals surface area contributed by atoms with Crippen LogP contribution < -0.4 is 0 Å². The van der Waals surface area contributed by atoms with E-state index in [9.17, 15) is 9.18 Å². The third kappa shape index (κ3) is 2.94. The summed E-state index contributed by atoms with van der Waals surface area (Å²) in [4.78, 5) is 19.9. The number of esters is 1. The van der Waals surface area contributed by atoms with Gasteiger partial charge >= 0.3 is 5.97 Å². The molecule has 1 aromatic carbocycles. The molecular weight excluding hydrogens is 295 g/mol. The van der Waals surface area contributed by atoms with Crippen LogP contribution in [0.1, 0.15) is 10.4 Å². The molecule has 4 nitrogen and oxygen atoms in total. The van der Waals surface area contributed by atoms with Crippen LogP contribution in [0.2, 0.25) is 0 Å². The number of nitrogens with zero attached hydrogens (tertiary/aromatic N) is 2. The summed E-state index contributed by atoms with van der Waals surface area (Å²) >= 11 is 0. The van der Waals surface area contributed by atoms with Crippen molar-refractivity contribution >= 4 is 5.97 Å². The zero-order valence-corrected chi connectivity index (χ0v) is 12.4. The van der Waals surface area contributed by atoms with Gasteiger partial charge in [-0.1, -0.05) is 0 Å². The fraction of sp³-hybridized carbons (Fsp3) is 0.0556. The van der Waals surface area contributed by atoms with E-state index in [2.05, 4.69) is 9.97 Å². The van der Waals surface area contributed by atoms with Gasteiger partial charge < -0.3 is 4.74 Å². The number of halogens is 1. The molecular formula is C18H13FN2O2. The molecule has 2 heterocycles. The molecule has 0 radical (unpaired) electrons. The number of hydrogen-bond acceptors (Lipinski definition) is 4. The first kappa shape index (κ1) is 14.8. The maximum absolute atomic E-state index is 14.6. The third-order valence-electron chi connectivity index (χ3n) is 3.48. The second-order valence-corrected chi connectivity index (χ2v) is 4.84. The molecule has 0 saturated carbocycles. The lowest BCUT2D eigenvalue weighted by molar-refractivity contribution is 0.0596. The summed E-state index contributed by atoms with van der Waals surface area (Å²) in [5.74, 6) is -1.34. The highest BCUT2D eigenvalue weighted by Gasteiger charge is 2.20. The summed E-state index contributed by atoms with van der Waals surface area (Å²) in [5, 5.41) is 0. The van der Waals surface area contributed by atoms with Crippen LogP contribution >= 0.6 is 0 Å². The molecule has 0 spiro atoms. The van der Waals surface area contributed by atoms with Gasteiger partial charge in [-0.15, -0.1) is 0 Å². The van der Waals surface area contributed by atoms with E-state index >= 15 is 0 Å². The first-order valence-corrected chi connectivity index (χ1v) is 6.93. The van der Waals surface area contributed by atoms with E-state index in [4.69, 9.17) is 4.74 Å². The molecule has 2 aromatic heterocycles. The van der Waals surface area contributed by atoms with Gasteiger partial charge in [0, 0.05) is 24.8 Å². The summed E-state index contributed by atoms with van der Waals surface area (Å²) < 4.78 is 19.3. The summed E-state index contributed by atoms with van der Waals surface area (Å²) in [6.45, 7) is 0. The largest absolute Gasteiger partial charge is 0.465 e. The molecule has 0 fully saturated rings. The Morgan fingerprint density at radius 2 is 1.48 bits per heavy atom. The molecule has 0 amide bonds. The summed E-state index contributed by atoms with van der Waals surface area (Å²) in [6.07, 6.45) is 6.45. The van der Waals surface area contributed by atoms with Gasteiger partial charge in [-0.2, -0.15) is 0 Å². The topological polar surface area (TPSA) is 52.1 Å². The molecule has 0 aliphatic heterocycles. The van der Waals surface area contributed by atoms with Crippen molar-refractivity contribution in [3.8, 4) is 22.3 Å². The second-order valence-electron chi connectivity index (χ2n) is 4.84. The summed E-state index contributed by atoms with van der Waals surface area (Å²) in [5.41, 5.74) is 2.53. The SMILES string of the molecule is COC(=O)c1c(F)cc(-c2ccncc2)cc1-c1ccncc1. The minimum Gasteiger partial charge on any atom is -0.465 e.